The average Bonchev–Trinajstić information content (AvgIpc) is 2.56. The maximum absolute atomic E-state index is 11.8. The molecule has 0 fully saturated rings. The van der Waals surface area contributed by atoms with Gasteiger partial charge in [-0.1, -0.05) is 60.7 Å². The summed E-state index contributed by atoms with van der Waals surface area (Å²) in [7, 11) is 0. The second kappa shape index (κ2) is 9.12. The van der Waals surface area contributed by atoms with Crippen molar-refractivity contribution in [2.24, 2.45) is 0 Å². The molecule has 0 saturated heterocycles. The number of thioether (sulfide) groups is 1. The maximum atomic E-state index is 11.8. The second-order valence-electron chi connectivity index (χ2n) is 5.08. The van der Waals surface area contributed by atoms with Crippen molar-refractivity contribution >= 4 is 23.6 Å². The van der Waals surface area contributed by atoms with Crippen LogP contribution in [-0.4, -0.2) is 28.4 Å². The minimum Gasteiger partial charge on any atom is -0.388 e. The molecule has 0 aliphatic heterocycles. The molecule has 1 unspecified atom stereocenters. The van der Waals surface area contributed by atoms with Gasteiger partial charge in [0.1, 0.15) is 0 Å². The van der Waals surface area contributed by atoms with Crippen molar-refractivity contribution in [3.8, 4) is 0 Å². The van der Waals surface area contributed by atoms with E-state index in [1.807, 2.05) is 60.7 Å². The van der Waals surface area contributed by atoms with E-state index in [4.69, 9.17) is 0 Å². The van der Waals surface area contributed by atoms with Crippen molar-refractivity contribution in [2.45, 2.75) is 12.5 Å². The summed E-state index contributed by atoms with van der Waals surface area (Å²) in [5.41, 5.74) is 1.69. The number of aliphatic hydroxyl groups is 1. The number of imide groups is 1. The van der Waals surface area contributed by atoms with Gasteiger partial charge in [-0.05, 0) is 11.1 Å². The lowest BCUT2D eigenvalue weighted by Gasteiger charge is -2.10. The molecular weight excluding hydrogens is 310 g/mol. The molecule has 2 amide bonds. The van der Waals surface area contributed by atoms with Gasteiger partial charge in [-0.2, -0.15) is 0 Å². The molecule has 0 heterocycles. The van der Waals surface area contributed by atoms with Crippen LogP contribution in [0.25, 0.3) is 0 Å². The topological polar surface area (TPSA) is 66.4 Å². The third-order valence-corrected chi connectivity index (χ3v) is 4.20. The number of hydrogen-bond acceptors (Lipinski definition) is 4. The predicted molar refractivity (Wildman–Crippen MR) is 92.0 cm³/mol. The number of aliphatic hydroxyl groups excluding tert-OH is 1. The van der Waals surface area contributed by atoms with Crippen LogP contribution < -0.4 is 5.32 Å². The van der Waals surface area contributed by atoms with E-state index < -0.39 is 6.10 Å². The van der Waals surface area contributed by atoms with Crippen LogP contribution >= 0.6 is 11.8 Å². The molecule has 0 aliphatic carbocycles. The molecule has 2 N–H and O–H groups in total. The summed E-state index contributed by atoms with van der Waals surface area (Å²) < 4.78 is 0. The van der Waals surface area contributed by atoms with Crippen molar-refractivity contribution in [1.82, 2.24) is 5.32 Å². The standard InChI is InChI=1S/C18H19NO3S/c20-16(15-9-5-2-6-10-15)12-23-13-18(22)19-17(21)11-14-7-3-1-4-8-14/h1-10,16,20H,11-13H2,(H,19,21,22). The first kappa shape index (κ1) is 17.2. The molecule has 0 spiro atoms. The number of carbonyl (C=O) groups is 2. The van der Waals surface area contributed by atoms with Crippen LogP contribution in [-0.2, 0) is 16.0 Å². The monoisotopic (exact) mass is 329 g/mol. The van der Waals surface area contributed by atoms with Crippen molar-refractivity contribution in [1.29, 1.82) is 0 Å². The van der Waals surface area contributed by atoms with E-state index in [1.54, 1.807) is 0 Å². The molecule has 2 rings (SSSR count). The second-order valence-corrected chi connectivity index (χ2v) is 6.11. The lowest BCUT2D eigenvalue weighted by atomic mass is 10.1. The van der Waals surface area contributed by atoms with Gasteiger partial charge < -0.3 is 5.11 Å². The van der Waals surface area contributed by atoms with Crippen molar-refractivity contribution < 1.29 is 14.7 Å². The first-order valence-corrected chi connectivity index (χ1v) is 8.48. The highest BCUT2D eigenvalue weighted by Crippen LogP contribution is 2.17. The van der Waals surface area contributed by atoms with Gasteiger partial charge in [-0.15, -0.1) is 11.8 Å². The Labute approximate surface area is 139 Å². The Bertz CT molecular complexity index is 631. The van der Waals surface area contributed by atoms with Crippen molar-refractivity contribution in [3.63, 3.8) is 0 Å². The molecular formula is C18H19NO3S. The Morgan fingerprint density at radius 1 is 0.957 bits per heavy atom. The number of carbonyl (C=O) groups excluding carboxylic acids is 2. The highest BCUT2D eigenvalue weighted by Gasteiger charge is 2.11. The predicted octanol–water partition coefficient (Wildman–Crippen LogP) is 2.34. The van der Waals surface area contributed by atoms with Crippen LogP contribution in [0.3, 0.4) is 0 Å². The zero-order chi connectivity index (χ0) is 16.5. The largest absolute Gasteiger partial charge is 0.388 e. The zero-order valence-corrected chi connectivity index (χ0v) is 13.5. The van der Waals surface area contributed by atoms with Gasteiger partial charge in [-0.3, -0.25) is 14.9 Å². The Morgan fingerprint density at radius 3 is 2.22 bits per heavy atom. The summed E-state index contributed by atoms with van der Waals surface area (Å²) in [5.74, 6) is -0.101. The molecule has 0 aromatic heterocycles. The normalized spacial score (nSPS) is 11.7. The molecule has 4 nitrogen and oxygen atoms in total. The van der Waals surface area contributed by atoms with E-state index >= 15 is 0 Å². The molecule has 1 atom stereocenters. The van der Waals surface area contributed by atoms with E-state index in [2.05, 4.69) is 5.32 Å². The fraction of sp³-hybridized carbons (Fsp3) is 0.222. The molecule has 2 aromatic carbocycles. The number of benzene rings is 2. The summed E-state index contributed by atoms with van der Waals surface area (Å²) in [5, 5.41) is 12.4. The van der Waals surface area contributed by atoms with E-state index in [0.717, 1.165) is 11.1 Å². The summed E-state index contributed by atoms with van der Waals surface area (Å²) in [6, 6.07) is 18.6. The molecule has 2 aromatic rings. The zero-order valence-electron chi connectivity index (χ0n) is 12.6. The van der Waals surface area contributed by atoms with Crippen LogP contribution in [0.15, 0.2) is 60.7 Å². The van der Waals surface area contributed by atoms with Gasteiger partial charge in [0.2, 0.25) is 11.8 Å². The summed E-state index contributed by atoms with van der Waals surface area (Å²) in [4.78, 5) is 23.5. The average molecular weight is 329 g/mol. The Kier molecular flexibility index (Phi) is 6.84. The van der Waals surface area contributed by atoms with Crippen molar-refractivity contribution in [2.75, 3.05) is 11.5 Å². The number of nitrogens with one attached hydrogen (secondary N) is 1. The highest BCUT2D eigenvalue weighted by atomic mass is 32.2. The fourth-order valence-corrected chi connectivity index (χ4v) is 2.84. The van der Waals surface area contributed by atoms with Crippen LogP contribution in [0.2, 0.25) is 0 Å². The summed E-state index contributed by atoms with van der Waals surface area (Å²) in [6.07, 6.45) is -0.432. The SMILES string of the molecule is O=C(CSCC(O)c1ccccc1)NC(=O)Cc1ccccc1. The van der Waals surface area contributed by atoms with Gasteiger partial charge in [0.25, 0.3) is 0 Å². The molecule has 0 aliphatic rings. The first-order chi connectivity index (χ1) is 11.1. The van der Waals surface area contributed by atoms with Gasteiger partial charge in [0.05, 0.1) is 18.3 Å². The van der Waals surface area contributed by atoms with E-state index in [9.17, 15) is 14.7 Å². The summed E-state index contributed by atoms with van der Waals surface area (Å²) >= 11 is 1.30. The lowest BCUT2D eigenvalue weighted by Crippen LogP contribution is -2.33. The van der Waals surface area contributed by atoms with Crippen LogP contribution in [0, 0.1) is 0 Å². The molecule has 0 bridgehead atoms. The Morgan fingerprint density at radius 2 is 1.57 bits per heavy atom. The summed E-state index contributed by atoms with van der Waals surface area (Å²) in [6.45, 7) is 0. The number of rotatable bonds is 7. The third kappa shape index (κ3) is 6.26. The van der Waals surface area contributed by atoms with Gasteiger partial charge in [-0.25, -0.2) is 0 Å². The lowest BCUT2D eigenvalue weighted by molar-refractivity contribution is -0.128. The molecule has 0 saturated carbocycles. The van der Waals surface area contributed by atoms with E-state index in [0.29, 0.717) is 5.75 Å². The number of amides is 2. The van der Waals surface area contributed by atoms with Crippen LogP contribution in [0.5, 0.6) is 0 Å². The van der Waals surface area contributed by atoms with Crippen LogP contribution in [0.4, 0.5) is 0 Å². The van der Waals surface area contributed by atoms with E-state index in [1.165, 1.54) is 11.8 Å². The minimum atomic E-state index is -0.617. The fourth-order valence-electron chi connectivity index (χ4n) is 2.05. The molecule has 120 valence electrons. The van der Waals surface area contributed by atoms with Gasteiger partial charge >= 0.3 is 0 Å². The Hall–Kier alpha value is -2.11. The third-order valence-electron chi connectivity index (χ3n) is 3.18. The van der Waals surface area contributed by atoms with Crippen LogP contribution in [0.1, 0.15) is 17.2 Å². The molecule has 0 radical (unpaired) electrons. The van der Waals surface area contributed by atoms with Gasteiger partial charge in [0.15, 0.2) is 0 Å². The number of hydrogen-bond donors (Lipinski definition) is 2. The minimum absolute atomic E-state index is 0.143. The van der Waals surface area contributed by atoms with E-state index in [-0.39, 0.29) is 24.0 Å². The smallest absolute Gasteiger partial charge is 0.236 e. The molecule has 23 heavy (non-hydrogen) atoms. The quantitative estimate of drug-likeness (QED) is 0.818. The molecule has 5 heteroatoms. The van der Waals surface area contributed by atoms with Crippen molar-refractivity contribution in [3.05, 3.63) is 71.8 Å². The maximum Gasteiger partial charge on any atom is 0.236 e. The van der Waals surface area contributed by atoms with Gasteiger partial charge in [0, 0.05) is 5.75 Å². The first-order valence-electron chi connectivity index (χ1n) is 7.32. The highest BCUT2D eigenvalue weighted by molar-refractivity contribution is 7.99. The Balaban J connectivity index is 1.68.